The Bertz CT molecular complexity index is 310. The summed E-state index contributed by atoms with van der Waals surface area (Å²) in [6.45, 7) is 0.908. The molecule has 15 heavy (non-hydrogen) atoms. The average molecular weight is 218 g/mol. The fourth-order valence-corrected chi connectivity index (χ4v) is 1.21. The predicted molar refractivity (Wildman–Crippen MR) is 53.6 cm³/mol. The predicted octanol–water partition coefficient (Wildman–Crippen LogP) is 2.47. The minimum absolute atomic E-state index is 0.110. The molecule has 0 bridgehead atoms. The first kappa shape index (κ1) is 11.8. The van der Waals surface area contributed by atoms with Crippen molar-refractivity contribution in [3.63, 3.8) is 0 Å². The first-order valence-electron chi connectivity index (χ1n) is 4.66. The molecule has 0 atom stereocenters. The zero-order chi connectivity index (χ0) is 11.3. The highest BCUT2D eigenvalue weighted by atomic mass is 19.4. The number of para-hydroxylation sites is 1. The van der Waals surface area contributed by atoms with E-state index in [1.807, 2.05) is 0 Å². The van der Waals surface area contributed by atoms with E-state index in [2.05, 4.69) is 5.32 Å². The van der Waals surface area contributed by atoms with Crippen molar-refractivity contribution in [2.24, 2.45) is 5.73 Å². The Morgan fingerprint density at radius 3 is 2.47 bits per heavy atom. The lowest BCUT2D eigenvalue weighted by Crippen LogP contribution is -2.13. The monoisotopic (exact) mass is 218 g/mol. The van der Waals surface area contributed by atoms with Gasteiger partial charge in [-0.05, 0) is 25.1 Å². The number of hydrogen-bond acceptors (Lipinski definition) is 2. The molecule has 1 aromatic carbocycles. The van der Waals surface area contributed by atoms with Crippen LogP contribution in [0, 0.1) is 0 Å². The van der Waals surface area contributed by atoms with Crippen molar-refractivity contribution in [1.29, 1.82) is 0 Å². The molecule has 0 aliphatic carbocycles. The Hall–Kier alpha value is -1.23. The number of hydrogen-bond donors (Lipinski definition) is 2. The second-order valence-corrected chi connectivity index (χ2v) is 3.11. The van der Waals surface area contributed by atoms with Crippen LogP contribution in [0.25, 0.3) is 0 Å². The normalized spacial score (nSPS) is 11.5. The maximum atomic E-state index is 12.5. The second kappa shape index (κ2) is 5.02. The Kier molecular flexibility index (Phi) is 3.96. The lowest BCUT2D eigenvalue weighted by atomic mass is 10.1. The molecule has 0 saturated heterocycles. The number of benzene rings is 1. The third kappa shape index (κ3) is 3.43. The topological polar surface area (TPSA) is 38.0 Å². The molecular weight excluding hydrogens is 205 g/mol. The van der Waals surface area contributed by atoms with Gasteiger partial charge in [-0.1, -0.05) is 12.1 Å². The summed E-state index contributed by atoms with van der Waals surface area (Å²) in [7, 11) is 0. The van der Waals surface area contributed by atoms with Gasteiger partial charge in [0.1, 0.15) is 0 Å². The van der Waals surface area contributed by atoms with Crippen molar-refractivity contribution < 1.29 is 13.2 Å². The minimum Gasteiger partial charge on any atom is -0.385 e. The van der Waals surface area contributed by atoms with E-state index in [1.54, 1.807) is 6.07 Å². The lowest BCUT2D eigenvalue weighted by Gasteiger charge is -2.13. The third-order valence-electron chi connectivity index (χ3n) is 1.93. The fourth-order valence-electron chi connectivity index (χ4n) is 1.21. The van der Waals surface area contributed by atoms with Crippen molar-refractivity contribution in [2.75, 3.05) is 18.4 Å². The van der Waals surface area contributed by atoms with E-state index in [9.17, 15) is 13.2 Å². The summed E-state index contributed by atoms with van der Waals surface area (Å²) >= 11 is 0. The van der Waals surface area contributed by atoms with Crippen LogP contribution in [0.2, 0.25) is 0 Å². The zero-order valence-corrected chi connectivity index (χ0v) is 8.14. The molecule has 0 amide bonds. The standard InChI is InChI=1S/C10H13F3N2/c11-10(12,13)8-4-1-2-5-9(8)15-7-3-6-14/h1-2,4-5,15H,3,6-7,14H2. The number of nitrogens with two attached hydrogens (primary N) is 1. The first-order chi connectivity index (χ1) is 7.05. The Morgan fingerprint density at radius 1 is 1.20 bits per heavy atom. The van der Waals surface area contributed by atoms with Gasteiger partial charge < -0.3 is 11.1 Å². The molecule has 0 aliphatic heterocycles. The highest BCUT2D eigenvalue weighted by molar-refractivity contribution is 5.52. The number of anilines is 1. The van der Waals surface area contributed by atoms with E-state index in [0.717, 1.165) is 6.07 Å². The number of nitrogens with one attached hydrogen (secondary N) is 1. The van der Waals surface area contributed by atoms with Crippen molar-refractivity contribution in [3.8, 4) is 0 Å². The molecule has 1 rings (SSSR count). The Morgan fingerprint density at radius 2 is 1.87 bits per heavy atom. The van der Waals surface area contributed by atoms with Gasteiger partial charge in [-0.2, -0.15) is 13.2 Å². The third-order valence-corrected chi connectivity index (χ3v) is 1.93. The van der Waals surface area contributed by atoms with Crippen molar-refractivity contribution in [3.05, 3.63) is 29.8 Å². The zero-order valence-electron chi connectivity index (χ0n) is 8.14. The fraction of sp³-hybridized carbons (Fsp3) is 0.400. The lowest BCUT2D eigenvalue weighted by molar-refractivity contribution is -0.136. The first-order valence-corrected chi connectivity index (χ1v) is 4.66. The molecule has 2 nitrogen and oxygen atoms in total. The maximum Gasteiger partial charge on any atom is 0.418 e. The van der Waals surface area contributed by atoms with E-state index in [-0.39, 0.29) is 5.69 Å². The van der Waals surface area contributed by atoms with E-state index < -0.39 is 11.7 Å². The molecule has 0 saturated carbocycles. The molecule has 5 heteroatoms. The summed E-state index contributed by atoms with van der Waals surface area (Å²) in [6.07, 6.45) is -3.67. The average Bonchev–Trinajstić information content (AvgIpc) is 2.17. The summed E-state index contributed by atoms with van der Waals surface area (Å²) in [5, 5.41) is 2.72. The SMILES string of the molecule is NCCCNc1ccccc1C(F)(F)F. The molecule has 0 heterocycles. The summed E-state index contributed by atoms with van der Waals surface area (Å²) in [5.74, 6) is 0. The second-order valence-electron chi connectivity index (χ2n) is 3.11. The molecule has 0 unspecified atom stereocenters. The Balaban J connectivity index is 2.78. The van der Waals surface area contributed by atoms with E-state index in [0.29, 0.717) is 19.5 Å². The Labute approximate surface area is 86.3 Å². The number of rotatable bonds is 4. The van der Waals surface area contributed by atoms with Gasteiger partial charge in [0.15, 0.2) is 0 Å². The minimum atomic E-state index is -4.31. The van der Waals surface area contributed by atoms with Gasteiger partial charge in [-0.25, -0.2) is 0 Å². The van der Waals surface area contributed by atoms with Crippen LogP contribution in [0.3, 0.4) is 0 Å². The van der Waals surface area contributed by atoms with Crippen LogP contribution >= 0.6 is 0 Å². The van der Waals surface area contributed by atoms with Gasteiger partial charge in [0, 0.05) is 12.2 Å². The van der Waals surface area contributed by atoms with Crippen LogP contribution in [0.5, 0.6) is 0 Å². The quantitative estimate of drug-likeness (QED) is 0.762. The molecule has 1 aromatic rings. The van der Waals surface area contributed by atoms with Crippen LogP contribution in [0.4, 0.5) is 18.9 Å². The van der Waals surface area contributed by atoms with Gasteiger partial charge in [0.05, 0.1) is 5.56 Å². The van der Waals surface area contributed by atoms with Crippen molar-refractivity contribution >= 4 is 5.69 Å². The molecule has 0 aromatic heterocycles. The largest absolute Gasteiger partial charge is 0.418 e. The van der Waals surface area contributed by atoms with Crippen LogP contribution in [-0.2, 0) is 6.18 Å². The summed E-state index contributed by atoms with van der Waals surface area (Å²) < 4.78 is 37.5. The molecule has 3 N–H and O–H groups in total. The van der Waals surface area contributed by atoms with Gasteiger partial charge >= 0.3 is 6.18 Å². The van der Waals surface area contributed by atoms with Crippen LogP contribution in [0.15, 0.2) is 24.3 Å². The van der Waals surface area contributed by atoms with Crippen molar-refractivity contribution in [1.82, 2.24) is 0 Å². The van der Waals surface area contributed by atoms with E-state index >= 15 is 0 Å². The van der Waals surface area contributed by atoms with Gasteiger partial charge in [0.2, 0.25) is 0 Å². The molecule has 0 spiro atoms. The van der Waals surface area contributed by atoms with Gasteiger partial charge in [-0.15, -0.1) is 0 Å². The number of halogens is 3. The molecule has 0 radical (unpaired) electrons. The van der Waals surface area contributed by atoms with Crippen LogP contribution in [0.1, 0.15) is 12.0 Å². The van der Waals surface area contributed by atoms with Crippen molar-refractivity contribution in [2.45, 2.75) is 12.6 Å². The maximum absolute atomic E-state index is 12.5. The van der Waals surface area contributed by atoms with E-state index in [4.69, 9.17) is 5.73 Å². The molecule has 0 fully saturated rings. The molecule has 0 aliphatic rings. The number of alkyl halides is 3. The molecule has 84 valence electrons. The van der Waals surface area contributed by atoms with Crippen LogP contribution in [-0.4, -0.2) is 13.1 Å². The van der Waals surface area contributed by atoms with Gasteiger partial charge in [0.25, 0.3) is 0 Å². The van der Waals surface area contributed by atoms with E-state index in [1.165, 1.54) is 12.1 Å². The smallest absolute Gasteiger partial charge is 0.385 e. The molecular formula is C10H13F3N2. The summed E-state index contributed by atoms with van der Waals surface area (Å²) in [6, 6.07) is 5.42. The summed E-state index contributed by atoms with van der Waals surface area (Å²) in [4.78, 5) is 0. The highest BCUT2D eigenvalue weighted by Gasteiger charge is 2.32. The highest BCUT2D eigenvalue weighted by Crippen LogP contribution is 2.34. The van der Waals surface area contributed by atoms with Gasteiger partial charge in [-0.3, -0.25) is 0 Å². The van der Waals surface area contributed by atoms with Crippen LogP contribution < -0.4 is 11.1 Å². The summed E-state index contributed by atoms with van der Waals surface area (Å²) in [5.41, 5.74) is 4.73.